The predicted octanol–water partition coefficient (Wildman–Crippen LogP) is 2.37. The Bertz CT molecular complexity index is 479. The van der Waals surface area contributed by atoms with E-state index in [1.165, 1.54) is 5.56 Å². The number of nitrogens with one attached hydrogen (secondary N) is 1. The Morgan fingerprint density at radius 1 is 1.41 bits per heavy atom. The van der Waals surface area contributed by atoms with Crippen LogP contribution in [-0.2, 0) is 13.0 Å². The number of anilines is 1. The zero-order chi connectivity index (χ0) is 12.1. The molecule has 0 saturated heterocycles. The van der Waals surface area contributed by atoms with E-state index in [9.17, 15) is 0 Å². The molecule has 17 heavy (non-hydrogen) atoms. The second-order valence-corrected chi connectivity index (χ2v) is 5.09. The lowest BCUT2D eigenvalue weighted by Gasteiger charge is -2.04. The second-order valence-electron chi connectivity index (χ2n) is 4.03. The summed E-state index contributed by atoms with van der Waals surface area (Å²) in [5, 5.41) is 6.61. The van der Waals surface area contributed by atoms with Gasteiger partial charge in [0, 0.05) is 17.6 Å². The Kier molecular flexibility index (Phi) is 4.12. The van der Waals surface area contributed by atoms with Crippen molar-refractivity contribution in [1.82, 2.24) is 10.3 Å². The summed E-state index contributed by atoms with van der Waals surface area (Å²) in [6.07, 6.45) is 0.994. The van der Waals surface area contributed by atoms with Crippen molar-refractivity contribution in [1.29, 1.82) is 0 Å². The number of hydrogen-bond donors (Lipinski definition) is 2. The fourth-order valence-electron chi connectivity index (χ4n) is 1.69. The first-order valence-electron chi connectivity index (χ1n) is 5.70. The van der Waals surface area contributed by atoms with Crippen molar-refractivity contribution >= 4 is 17.0 Å². The summed E-state index contributed by atoms with van der Waals surface area (Å²) >= 11 is 1.69. The highest BCUT2D eigenvalue weighted by atomic mass is 32.1. The molecule has 3 nitrogen and oxygen atoms in total. The highest BCUT2D eigenvalue weighted by Gasteiger charge is 1.98. The molecule has 0 unspecified atom stereocenters. The third-order valence-electron chi connectivity index (χ3n) is 2.51. The Hall–Kier alpha value is -1.39. The molecule has 0 amide bonds. The van der Waals surface area contributed by atoms with Crippen LogP contribution in [0.25, 0.3) is 0 Å². The van der Waals surface area contributed by atoms with Crippen molar-refractivity contribution in [3.05, 3.63) is 45.9 Å². The molecule has 2 rings (SSSR count). The molecule has 1 aromatic carbocycles. The maximum absolute atomic E-state index is 5.73. The SMILES string of the molecule is Cc1nc(CNCCc2cccc(N)c2)cs1. The molecule has 0 bridgehead atoms. The van der Waals surface area contributed by atoms with Crippen LogP contribution in [0.15, 0.2) is 29.6 Å². The number of rotatable bonds is 5. The van der Waals surface area contributed by atoms with Gasteiger partial charge < -0.3 is 11.1 Å². The minimum atomic E-state index is 0.831. The Labute approximate surface area is 106 Å². The number of thiazole rings is 1. The fourth-order valence-corrected chi connectivity index (χ4v) is 2.30. The molecule has 0 saturated carbocycles. The molecule has 0 aliphatic heterocycles. The van der Waals surface area contributed by atoms with Gasteiger partial charge in [-0.2, -0.15) is 0 Å². The molecule has 1 aromatic heterocycles. The largest absolute Gasteiger partial charge is 0.399 e. The lowest BCUT2D eigenvalue weighted by Crippen LogP contribution is -2.16. The number of nitrogen functional groups attached to an aromatic ring is 1. The lowest BCUT2D eigenvalue weighted by atomic mass is 10.1. The van der Waals surface area contributed by atoms with E-state index in [-0.39, 0.29) is 0 Å². The number of benzene rings is 1. The minimum absolute atomic E-state index is 0.831. The number of nitrogens with two attached hydrogens (primary N) is 1. The molecule has 0 spiro atoms. The van der Waals surface area contributed by atoms with E-state index in [0.717, 1.165) is 35.9 Å². The van der Waals surface area contributed by atoms with Crippen molar-refractivity contribution < 1.29 is 0 Å². The van der Waals surface area contributed by atoms with Crippen LogP contribution in [0.2, 0.25) is 0 Å². The van der Waals surface area contributed by atoms with E-state index in [4.69, 9.17) is 5.73 Å². The molecule has 2 aromatic rings. The highest BCUT2D eigenvalue weighted by Crippen LogP contribution is 2.08. The van der Waals surface area contributed by atoms with Gasteiger partial charge in [-0.25, -0.2) is 4.98 Å². The van der Waals surface area contributed by atoms with E-state index in [0.29, 0.717) is 0 Å². The molecular weight excluding hydrogens is 230 g/mol. The quantitative estimate of drug-likeness (QED) is 0.630. The van der Waals surface area contributed by atoms with E-state index >= 15 is 0 Å². The second kappa shape index (κ2) is 5.80. The standard InChI is InChI=1S/C13H17N3S/c1-10-16-13(9-17-10)8-15-6-5-11-3-2-4-12(14)7-11/h2-4,7,9,15H,5-6,8,14H2,1H3. The molecule has 0 atom stereocenters. The Morgan fingerprint density at radius 3 is 3.00 bits per heavy atom. The summed E-state index contributed by atoms with van der Waals surface area (Å²) in [4.78, 5) is 4.41. The van der Waals surface area contributed by atoms with Gasteiger partial charge in [-0.05, 0) is 37.6 Å². The first kappa shape index (κ1) is 12.1. The van der Waals surface area contributed by atoms with E-state index in [1.54, 1.807) is 11.3 Å². The topological polar surface area (TPSA) is 50.9 Å². The van der Waals surface area contributed by atoms with Crippen molar-refractivity contribution in [3.8, 4) is 0 Å². The van der Waals surface area contributed by atoms with Crippen molar-refractivity contribution in [2.45, 2.75) is 19.9 Å². The van der Waals surface area contributed by atoms with E-state index < -0.39 is 0 Å². The van der Waals surface area contributed by atoms with E-state index in [1.807, 2.05) is 25.1 Å². The monoisotopic (exact) mass is 247 g/mol. The summed E-state index contributed by atoms with van der Waals surface area (Å²) in [6.45, 7) is 3.81. The van der Waals surface area contributed by atoms with Crippen LogP contribution in [0.1, 0.15) is 16.3 Å². The van der Waals surface area contributed by atoms with Gasteiger partial charge in [0.1, 0.15) is 0 Å². The number of hydrogen-bond acceptors (Lipinski definition) is 4. The molecule has 3 N–H and O–H groups in total. The number of nitrogens with zero attached hydrogens (tertiary/aromatic N) is 1. The lowest BCUT2D eigenvalue weighted by molar-refractivity contribution is 0.677. The van der Waals surface area contributed by atoms with Gasteiger partial charge in [0.2, 0.25) is 0 Å². The van der Waals surface area contributed by atoms with Crippen molar-refractivity contribution in [2.24, 2.45) is 0 Å². The molecule has 1 heterocycles. The fraction of sp³-hybridized carbons (Fsp3) is 0.308. The van der Waals surface area contributed by atoms with Gasteiger partial charge in [0.15, 0.2) is 0 Å². The van der Waals surface area contributed by atoms with Crippen LogP contribution in [0, 0.1) is 6.92 Å². The third kappa shape index (κ3) is 3.84. The first-order valence-corrected chi connectivity index (χ1v) is 6.58. The molecule has 4 heteroatoms. The summed E-state index contributed by atoms with van der Waals surface area (Å²) in [6, 6.07) is 8.03. The van der Waals surface area contributed by atoms with Crippen molar-refractivity contribution in [3.63, 3.8) is 0 Å². The van der Waals surface area contributed by atoms with Gasteiger partial charge >= 0.3 is 0 Å². The van der Waals surface area contributed by atoms with Gasteiger partial charge in [0.05, 0.1) is 10.7 Å². The van der Waals surface area contributed by atoms with Crippen LogP contribution in [-0.4, -0.2) is 11.5 Å². The van der Waals surface area contributed by atoms with Gasteiger partial charge in [-0.3, -0.25) is 0 Å². The zero-order valence-corrected chi connectivity index (χ0v) is 10.8. The molecule has 0 aliphatic carbocycles. The van der Waals surface area contributed by atoms with E-state index in [2.05, 4.69) is 21.7 Å². The van der Waals surface area contributed by atoms with Crippen LogP contribution in [0.5, 0.6) is 0 Å². The van der Waals surface area contributed by atoms with Crippen LogP contribution in [0.4, 0.5) is 5.69 Å². The predicted molar refractivity (Wildman–Crippen MR) is 73.1 cm³/mol. The number of aromatic nitrogens is 1. The maximum atomic E-state index is 5.73. The van der Waals surface area contributed by atoms with Gasteiger partial charge in [-0.1, -0.05) is 12.1 Å². The number of aryl methyl sites for hydroxylation is 1. The third-order valence-corrected chi connectivity index (χ3v) is 3.34. The average Bonchev–Trinajstić information content (AvgIpc) is 2.71. The first-order chi connectivity index (χ1) is 8.24. The van der Waals surface area contributed by atoms with Crippen LogP contribution in [0.3, 0.4) is 0 Å². The molecular formula is C13H17N3S. The van der Waals surface area contributed by atoms with Gasteiger partial charge in [0.25, 0.3) is 0 Å². The summed E-state index contributed by atoms with van der Waals surface area (Å²) in [7, 11) is 0. The van der Waals surface area contributed by atoms with Crippen LogP contribution >= 0.6 is 11.3 Å². The molecule has 0 aliphatic rings. The van der Waals surface area contributed by atoms with Gasteiger partial charge in [-0.15, -0.1) is 11.3 Å². The smallest absolute Gasteiger partial charge is 0.0897 e. The summed E-state index contributed by atoms with van der Waals surface area (Å²) < 4.78 is 0. The zero-order valence-electron chi connectivity index (χ0n) is 9.94. The Morgan fingerprint density at radius 2 is 2.29 bits per heavy atom. The molecule has 90 valence electrons. The summed E-state index contributed by atoms with van der Waals surface area (Å²) in [5.74, 6) is 0. The minimum Gasteiger partial charge on any atom is -0.399 e. The molecule has 0 fully saturated rings. The van der Waals surface area contributed by atoms with Crippen LogP contribution < -0.4 is 11.1 Å². The average molecular weight is 247 g/mol. The highest BCUT2D eigenvalue weighted by molar-refractivity contribution is 7.09. The van der Waals surface area contributed by atoms with Crippen molar-refractivity contribution in [2.75, 3.05) is 12.3 Å². The summed E-state index contributed by atoms with van der Waals surface area (Å²) in [5.41, 5.74) is 8.95. The Balaban J connectivity index is 1.73. The molecule has 0 radical (unpaired) electrons. The maximum Gasteiger partial charge on any atom is 0.0897 e. The normalized spacial score (nSPS) is 10.6.